The number of rotatable bonds is 3. The SMILES string of the molecule is COc1ncccc1C(=O)N[C@@H]1CCCCNC1=O. The fraction of sp³-hybridized carbons (Fsp3) is 0.462. The highest BCUT2D eigenvalue weighted by Gasteiger charge is 2.24. The van der Waals surface area contributed by atoms with Crippen molar-refractivity contribution in [2.75, 3.05) is 13.7 Å². The van der Waals surface area contributed by atoms with Crippen molar-refractivity contribution in [2.45, 2.75) is 25.3 Å². The van der Waals surface area contributed by atoms with Crippen LogP contribution in [-0.2, 0) is 4.79 Å². The molecule has 0 bridgehead atoms. The van der Waals surface area contributed by atoms with Crippen LogP contribution >= 0.6 is 0 Å². The van der Waals surface area contributed by atoms with Gasteiger partial charge >= 0.3 is 0 Å². The molecule has 2 amide bonds. The number of carbonyl (C=O) groups excluding carboxylic acids is 2. The number of nitrogens with one attached hydrogen (secondary N) is 2. The first-order valence-corrected chi connectivity index (χ1v) is 6.30. The van der Waals surface area contributed by atoms with Gasteiger partial charge in [0.15, 0.2) is 0 Å². The molecule has 1 fully saturated rings. The van der Waals surface area contributed by atoms with Gasteiger partial charge in [-0.25, -0.2) is 4.98 Å². The van der Waals surface area contributed by atoms with Gasteiger partial charge in [-0.05, 0) is 31.4 Å². The molecular formula is C13H17N3O3. The second kappa shape index (κ2) is 6.17. The van der Waals surface area contributed by atoms with Gasteiger partial charge in [0.25, 0.3) is 5.91 Å². The molecule has 0 saturated carbocycles. The Morgan fingerprint density at radius 1 is 1.53 bits per heavy atom. The van der Waals surface area contributed by atoms with E-state index in [-0.39, 0.29) is 17.7 Å². The maximum absolute atomic E-state index is 12.1. The largest absolute Gasteiger partial charge is 0.480 e. The predicted octanol–water partition coefficient (Wildman–Crippen LogP) is 0.489. The van der Waals surface area contributed by atoms with Crippen molar-refractivity contribution in [2.24, 2.45) is 0 Å². The molecule has 0 unspecified atom stereocenters. The van der Waals surface area contributed by atoms with E-state index in [4.69, 9.17) is 4.74 Å². The fourth-order valence-corrected chi connectivity index (χ4v) is 2.04. The van der Waals surface area contributed by atoms with Crippen LogP contribution in [-0.4, -0.2) is 36.5 Å². The van der Waals surface area contributed by atoms with Crippen molar-refractivity contribution in [3.8, 4) is 5.88 Å². The number of hydrogen-bond acceptors (Lipinski definition) is 4. The Labute approximate surface area is 111 Å². The van der Waals surface area contributed by atoms with Crippen LogP contribution in [0.2, 0.25) is 0 Å². The molecule has 19 heavy (non-hydrogen) atoms. The molecule has 1 aliphatic rings. The van der Waals surface area contributed by atoms with Gasteiger partial charge in [-0.1, -0.05) is 0 Å². The Hall–Kier alpha value is -2.11. The van der Waals surface area contributed by atoms with E-state index < -0.39 is 6.04 Å². The van der Waals surface area contributed by atoms with Crippen molar-refractivity contribution < 1.29 is 14.3 Å². The highest BCUT2D eigenvalue weighted by atomic mass is 16.5. The number of methoxy groups -OCH3 is 1. The molecule has 102 valence electrons. The van der Waals surface area contributed by atoms with Crippen LogP contribution in [0.5, 0.6) is 5.88 Å². The second-order valence-electron chi connectivity index (χ2n) is 4.37. The number of aromatic nitrogens is 1. The summed E-state index contributed by atoms with van der Waals surface area (Å²) in [6.45, 7) is 0.668. The number of hydrogen-bond donors (Lipinski definition) is 2. The third-order valence-electron chi connectivity index (χ3n) is 3.05. The molecule has 1 atom stereocenters. The molecule has 1 saturated heterocycles. The average Bonchev–Trinajstić information content (AvgIpc) is 2.64. The minimum atomic E-state index is -0.486. The number of ether oxygens (including phenoxy) is 1. The highest BCUT2D eigenvalue weighted by Crippen LogP contribution is 2.14. The van der Waals surface area contributed by atoms with Crippen LogP contribution in [0, 0.1) is 0 Å². The van der Waals surface area contributed by atoms with E-state index in [2.05, 4.69) is 15.6 Å². The Morgan fingerprint density at radius 3 is 3.16 bits per heavy atom. The summed E-state index contributed by atoms with van der Waals surface area (Å²) in [4.78, 5) is 27.9. The number of carbonyl (C=O) groups is 2. The topological polar surface area (TPSA) is 80.3 Å². The minimum Gasteiger partial charge on any atom is -0.480 e. The van der Waals surface area contributed by atoms with Gasteiger partial charge in [0.2, 0.25) is 11.8 Å². The zero-order valence-electron chi connectivity index (χ0n) is 10.8. The smallest absolute Gasteiger partial charge is 0.257 e. The molecule has 6 nitrogen and oxygen atoms in total. The maximum atomic E-state index is 12.1. The lowest BCUT2D eigenvalue weighted by molar-refractivity contribution is -0.122. The molecule has 1 aromatic heterocycles. The van der Waals surface area contributed by atoms with E-state index in [1.54, 1.807) is 18.3 Å². The van der Waals surface area contributed by atoms with Gasteiger partial charge in [0.05, 0.1) is 7.11 Å². The zero-order chi connectivity index (χ0) is 13.7. The molecule has 2 heterocycles. The molecule has 2 N–H and O–H groups in total. The average molecular weight is 263 g/mol. The van der Waals surface area contributed by atoms with Crippen molar-refractivity contribution in [3.05, 3.63) is 23.9 Å². The fourth-order valence-electron chi connectivity index (χ4n) is 2.04. The van der Waals surface area contributed by atoms with Crippen molar-refractivity contribution >= 4 is 11.8 Å². The summed E-state index contributed by atoms with van der Waals surface area (Å²) in [5.74, 6) is -0.213. The molecule has 2 rings (SSSR count). The Morgan fingerprint density at radius 2 is 2.37 bits per heavy atom. The molecule has 0 aliphatic carbocycles. The van der Waals surface area contributed by atoms with Crippen LogP contribution in [0.25, 0.3) is 0 Å². The quantitative estimate of drug-likeness (QED) is 0.831. The predicted molar refractivity (Wildman–Crippen MR) is 68.9 cm³/mol. The first-order chi connectivity index (χ1) is 9.22. The zero-order valence-corrected chi connectivity index (χ0v) is 10.8. The van der Waals surface area contributed by atoms with Gasteiger partial charge in [0, 0.05) is 12.7 Å². The van der Waals surface area contributed by atoms with Gasteiger partial charge in [-0.3, -0.25) is 9.59 Å². The molecule has 0 aromatic carbocycles. The lowest BCUT2D eigenvalue weighted by Gasteiger charge is -2.15. The van der Waals surface area contributed by atoms with E-state index in [9.17, 15) is 9.59 Å². The number of pyridine rings is 1. The van der Waals surface area contributed by atoms with E-state index in [1.165, 1.54) is 7.11 Å². The van der Waals surface area contributed by atoms with E-state index in [1.807, 2.05) is 0 Å². The van der Waals surface area contributed by atoms with Gasteiger partial charge in [-0.2, -0.15) is 0 Å². The van der Waals surface area contributed by atoms with Crippen molar-refractivity contribution in [3.63, 3.8) is 0 Å². The Kier molecular flexibility index (Phi) is 4.33. The summed E-state index contributed by atoms with van der Waals surface area (Å²) in [7, 11) is 1.46. The number of amides is 2. The third kappa shape index (κ3) is 3.21. The van der Waals surface area contributed by atoms with E-state index in [0.717, 1.165) is 12.8 Å². The summed E-state index contributed by atoms with van der Waals surface area (Å²) in [6.07, 6.45) is 4.05. The standard InChI is InChI=1S/C13H17N3O3/c1-19-13-9(5-4-8-15-13)11(17)16-10-6-2-3-7-14-12(10)18/h4-5,8,10H,2-3,6-7H2,1H3,(H,14,18)(H,16,17)/t10-/m1/s1. The second-order valence-corrected chi connectivity index (χ2v) is 4.37. The summed E-state index contributed by atoms with van der Waals surface area (Å²) in [6, 6.07) is 2.79. The van der Waals surface area contributed by atoms with Crippen LogP contribution in [0.4, 0.5) is 0 Å². The Bertz CT molecular complexity index is 476. The van der Waals surface area contributed by atoms with E-state index in [0.29, 0.717) is 18.5 Å². The molecule has 0 spiro atoms. The normalized spacial score (nSPS) is 19.2. The molecule has 1 aromatic rings. The molecule has 6 heteroatoms. The highest BCUT2D eigenvalue weighted by molar-refractivity contribution is 5.99. The maximum Gasteiger partial charge on any atom is 0.257 e. The van der Waals surface area contributed by atoms with Gasteiger partial charge in [0.1, 0.15) is 11.6 Å². The van der Waals surface area contributed by atoms with Gasteiger partial charge in [-0.15, -0.1) is 0 Å². The van der Waals surface area contributed by atoms with Crippen LogP contribution in [0.15, 0.2) is 18.3 Å². The third-order valence-corrected chi connectivity index (χ3v) is 3.05. The summed E-state index contributed by atoms with van der Waals surface area (Å²) in [5, 5.41) is 5.51. The first kappa shape index (κ1) is 13.3. The minimum absolute atomic E-state index is 0.131. The molecule has 1 aliphatic heterocycles. The summed E-state index contributed by atoms with van der Waals surface area (Å²) in [5.41, 5.74) is 0.335. The lowest BCUT2D eigenvalue weighted by atomic mass is 10.1. The monoisotopic (exact) mass is 263 g/mol. The van der Waals surface area contributed by atoms with E-state index >= 15 is 0 Å². The Balaban J connectivity index is 2.09. The lowest BCUT2D eigenvalue weighted by Crippen LogP contribution is -2.45. The van der Waals surface area contributed by atoms with Crippen LogP contribution in [0.1, 0.15) is 29.6 Å². The van der Waals surface area contributed by atoms with Gasteiger partial charge < -0.3 is 15.4 Å². The molecule has 0 radical (unpaired) electrons. The summed E-state index contributed by atoms with van der Waals surface area (Å²) >= 11 is 0. The summed E-state index contributed by atoms with van der Waals surface area (Å²) < 4.78 is 5.03. The van der Waals surface area contributed by atoms with Crippen LogP contribution < -0.4 is 15.4 Å². The number of nitrogens with zero attached hydrogens (tertiary/aromatic N) is 1. The molecular weight excluding hydrogens is 246 g/mol. The van der Waals surface area contributed by atoms with Crippen molar-refractivity contribution in [1.29, 1.82) is 0 Å². The van der Waals surface area contributed by atoms with Crippen molar-refractivity contribution in [1.82, 2.24) is 15.6 Å². The van der Waals surface area contributed by atoms with Crippen LogP contribution in [0.3, 0.4) is 0 Å². The first-order valence-electron chi connectivity index (χ1n) is 6.30.